The maximum atomic E-state index is 12.8. The molecule has 0 aromatic rings. The molecule has 0 aromatic heterocycles. The van der Waals surface area contributed by atoms with Crippen LogP contribution in [0.2, 0.25) is 0 Å². The lowest BCUT2D eigenvalue weighted by Gasteiger charge is -2.22. The molecule has 0 aliphatic carbocycles. The first kappa shape index (κ1) is 55.0. The summed E-state index contributed by atoms with van der Waals surface area (Å²) < 4.78 is 11.5. The van der Waals surface area contributed by atoms with E-state index in [1.54, 1.807) is 6.20 Å². The molecule has 0 aliphatic rings. The molecule has 0 radical (unpaired) electrons. The summed E-state index contributed by atoms with van der Waals surface area (Å²) in [6.07, 6.45) is 42.6. The highest BCUT2D eigenvalue weighted by Gasteiger charge is 2.14. The molecule has 0 heterocycles. The van der Waals surface area contributed by atoms with Crippen LogP contribution in [0, 0.1) is 0 Å². The fraction of sp³-hybridized carbons (Fsp3) is 0.918. The van der Waals surface area contributed by atoms with E-state index in [1.165, 1.54) is 154 Å². The smallest absolute Gasteiger partial charge is 0.306 e. The van der Waals surface area contributed by atoms with Gasteiger partial charge < -0.3 is 30.7 Å². The first-order chi connectivity index (χ1) is 28.0. The zero-order valence-corrected chi connectivity index (χ0v) is 38.6. The number of esters is 2. The summed E-state index contributed by atoms with van der Waals surface area (Å²) in [5.41, 5.74) is 5.66. The molecule has 0 atom stereocenters. The highest BCUT2D eigenvalue weighted by molar-refractivity contribution is 5.69. The predicted octanol–water partition coefficient (Wildman–Crippen LogP) is 13.0. The van der Waals surface area contributed by atoms with E-state index in [1.807, 2.05) is 7.05 Å². The molecule has 0 aromatic carbocycles. The average Bonchev–Trinajstić information content (AvgIpc) is 3.21. The Morgan fingerprint density at radius 2 is 0.930 bits per heavy atom. The van der Waals surface area contributed by atoms with Crippen molar-refractivity contribution in [3.8, 4) is 0 Å². The molecular formula is C49H98N4O4. The fourth-order valence-electron chi connectivity index (χ4n) is 7.65. The van der Waals surface area contributed by atoms with Gasteiger partial charge in [0.05, 0.1) is 6.61 Å². The zero-order chi connectivity index (χ0) is 41.7. The van der Waals surface area contributed by atoms with E-state index in [0.29, 0.717) is 19.4 Å². The number of hydrogen-bond donors (Lipinski definition) is 3. The Bertz CT molecular complexity index is 869. The van der Waals surface area contributed by atoms with E-state index in [-0.39, 0.29) is 18.0 Å². The van der Waals surface area contributed by atoms with Crippen molar-refractivity contribution in [1.29, 1.82) is 0 Å². The molecule has 0 amide bonds. The third-order valence-corrected chi connectivity index (χ3v) is 11.4. The van der Waals surface area contributed by atoms with E-state index in [2.05, 4.69) is 36.3 Å². The van der Waals surface area contributed by atoms with Crippen molar-refractivity contribution in [2.75, 3.05) is 39.8 Å². The van der Waals surface area contributed by atoms with Crippen molar-refractivity contribution in [3.05, 3.63) is 12.0 Å². The maximum Gasteiger partial charge on any atom is 0.306 e. The lowest BCUT2D eigenvalue weighted by atomic mass is 10.0. The molecule has 0 aliphatic heterocycles. The van der Waals surface area contributed by atoms with Crippen molar-refractivity contribution >= 4 is 11.9 Å². The number of rotatable bonds is 46. The van der Waals surface area contributed by atoms with Crippen molar-refractivity contribution in [2.24, 2.45) is 5.73 Å². The van der Waals surface area contributed by atoms with Gasteiger partial charge in [0, 0.05) is 32.6 Å². The van der Waals surface area contributed by atoms with Crippen LogP contribution in [-0.2, 0) is 19.1 Å². The summed E-state index contributed by atoms with van der Waals surface area (Å²) in [6, 6.07) is 0. The number of ether oxygens (including phenoxy) is 2. The fourth-order valence-corrected chi connectivity index (χ4v) is 7.65. The minimum atomic E-state index is -0.0170. The molecule has 0 fully saturated rings. The summed E-state index contributed by atoms with van der Waals surface area (Å²) in [4.78, 5) is 27.6. The van der Waals surface area contributed by atoms with E-state index >= 15 is 0 Å². The molecule has 4 N–H and O–H groups in total. The largest absolute Gasteiger partial charge is 0.466 e. The topological polar surface area (TPSA) is 106 Å². The number of nitrogens with two attached hydrogens (primary N) is 1. The highest BCUT2D eigenvalue weighted by atomic mass is 16.5. The van der Waals surface area contributed by atoms with Crippen LogP contribution >= 0.6 is 0 Å². The second-order valence-electron chi connectivity index (χ2n) is 16.9. The van der Waals surface area contributed by atoms with Crippen LogP contribution in [0.15, 0.2) is 12.0 Å². The van der Waals surface area contributed by atoms with Crippen LogP contribution in [0.4, 0.5) is 0 Å². The van der Waals surface area contributed by atoms with Crippen LogP contribution in [0.1, 0.15) is 245 Å². The summed E-state index contributed by atoms with van der Waals surface area (Å²) >= 11 is 0. The number of carbonyl (C=O) groups is 2. The van der Waals surface area contributed by atoms with Crippen LogP contribution in [-0.4, -0.2) is 62.8 Å². The molecule has 0 bridgehead atoms. The minimum Gasteiger partial charge on any atom is -0.466 e. The van der Waals surface area contributed by atoms with Crippen molar-refractivity contribution in [1.82, 2.24) is 15.5 Å². The first-order valence-electron chi connectivity index (χ1n) is 24.9. The number of nitrogens with zero attached hydrogens (tertiary/aromatic N) is 1. The van der Waals surface area contributed by atoms with Gasteiger partial charge in [-0.2, -0.15) is 0 Å². The van der Waals surface area contributed by atoms with Crippen LogP contribution in [0.3, 0.4) is 0 Å². The Balaban J connectivity index is 4.39. The Hall–Kier alpha value is -1.96. The van der Waals surface area contributed by atoms with Crippen LogP contribution < -0.4 is 16.4 Å². The van der Waals surface area contributed by atoms with Gasteiger partial charge in [-0.05, 0) is 90.3 Å². The SMILES string of the molecule is CCCCCCCCCOC(=O)CCCCCCCN(CCCCCCCC(=O)OC(CCCCCCCC)CCCCCCCC)CCCCN/C(=C/N)NC. The Kier molecular flexibility index (Phi) is 43.6. The van der Waals surface area contributed by atoms with Gasteiger partial charge >= 0.3 is 11.9 Å². The molecule has 57 heavy (non-hydrogen) atoms. The molecule has 8 heteroatoms. The van der Waals surface area contributed by atoms with Crippen molar-refractivity contribution in [2.45, 2.75) is 252 Å². The third-order valence-electron chi connectivity index (χ3n) is 11.4. The highest BCUT2D eigenvalue weighted by Crippen LogP contribution is 2.19. The van der Waals surface area contributed by atoms with Crippen molar-refractivity contribution < 1.29 is 19.1 Å². The van der Waals surface area contributed by atoms with Crippen molar-refractivity contribution in [3.63, 3.8) is 0 Å². The van der Waals surface area contributed by atoms with Gasteiger partial charge in [0.2, 0.25) is 0 Å². The van der Waals surface area contributed by atoms with Crippen LogP contribution in [0.25, 0.3) is 0 Å². The molecule has 338 valence electrons. The van der Waals surface area contributed by atoms with E-state index in [4.69, 9.17) is 15.2 Å². The molecule has 0 saturated carbocycles. The predicted molar refractivity (Wildman–Crippen MR) is 245 cm³/mol. The Morgan fingerprint density at radius 3 is 1.40 bits per heavy atom. The summed E-state index contributed by atoms with van der Waals surface area (Å²) in [7, 11) is 1.88. The average molecular weight is 807 g/mol. The Morgan fingerprint density at radius 1 is 0.526 bits per heavy atom. The normalized spacial score (nSPS) is 11.8. The zero-order valence-electron chi connectivity index (χ0n) is 38.6. The summed E-state index contributed by atoms with van der Waals surface area (Å²) in [5, 5.41) is 6.44. The first-order valence-corrected chi connectivity index (χ1v) is 24.9. The van der Waals surface area contributed by atoms with Gasteiger partial charge in [0.25, 0.3) is 0 Å². The van der Waals surface area contributed by atoms with Gasteiger partial charge in [-0.15, -0.1) is 0 Å². The van der Waals surface area contributed by atoms with Gasteiger partial charge in [-0.1, -0.05) is 162 Å². The third kappa shape index (κ3) is 40.6. The Labute approximate surface area is 354 Å². The van der Waals surface area contributed by atoms with E-state index in [9.17, 15) is 9.59 Å². The number of carbonyl (C=O) groups excluding carboxylic acids is 2. The van der Waals surface area contributed by atoms with Gasteiger partial charge in [0.15, 0.2) is 0 Å². The van der Waals surface area contributed by atoms with Gasteiger partial charge in [-0.3, -0.25) is 9.59 Å². The molecule has 0 rings (SSSR count). The number of hydrogen-bond acceptors (Lipinski definition) is 8. The number of nitrogens with one attached hydrogen (secondary N) is 2. The molecule has 0 saturated heterocycles. The lowest BCUT2D eigenvalue weighted by molar-refractivity contribution is -0.150. The van der Waals surface area contributed by atoms with Crippen LogP contribution in [0.5, 0.6) is 0 Å². The quantitative estimate of drug-likeness (QED) is 0.0412. The van der Waals surface area contributed by atoms with E-state index in [0.717, 1.165) is 89.8 Å². The second-order valence-corrected chi connectivity index (χ2v) is 16.9. The lowest BCUT2D eigenvalue weighted by Crippen LogP contribution is -2.29. The molecule has 8 nitrogen and oxygen atoms in total. The minimum absolute atomic E-state index is 0.0170. The maximum absolute atomic E-state index is 12.8. The molecule has 0 unspecified atom stereocenters. The number of unbranched alkanes of at least 4 members (excludes halogenated alkanes) is 25. The van der Waals surface area contributed by atoms with Gasteiger partial charge in [-0.25, -0.2) is 0 Å². The monoisotopic (exact) mass is 807 g/mol. The summed E-state index contributed by atoms with van der Waals surface area (Å²) in [6.45, 7) is 11.7. The van der Waals surface area contributed by atoms with E-state index < -0.39 is 0 Å². The summed E-state index contributed by atoms with van der Waals surface area (Å²) in [5.74, 6) is 0.888. The molecular weight excluding hydrogens is 709 g/mol. The van der Waals surface area contributed by atoms with Gasteiger partial charge in [0.1, 0.15) is 11.9 Å². The molecule has 0 spiro atoms. The second kappa shape index (κ2) is 45.1. The standard InChI is InChI=1S/C49H98N4O4/c1-5-8-11-14-17-26-35-44-56-48(54)38-29-22-18-24-32-41-53(43-34-31-40-52-47(45-50)51-4)42-33-25-19-23-30-39-49(55)57-46(36-27-20-15-12-9-6-2)37-28-21-16-13-10-7-3/h45-46,51-52H,5-44,50H2,1-4H3/b47-45+.